The van der Waals surface area contributed by atoms with Crippen molar-refractivity contribution in [1.29, 1.82) is 0 Å². The second-order valence-corrected chi connectivity index (χ2v) is 14.5. The first-order valence-electron chi connectivity index (χ1n) is 15.6. The minimum atomic E-state index is -3.78. The van der Waals surface area contributed by atoms with Crippen LogP contribution in [0.4, 0.5) is 5.69 Å². The summed E-state index contributed by atoms with van der Waals surface area (Å²) in [5.41, 5.74) is 5.24. The summed E-state index contributed by atoms with van der Waals surface area (Å²) in [6, 6.07) is 24.8. The van der Waals surface area contributed by atoms with Crippen LogP contribution in [0, 0.1) is 5.92 Å². The molecule has 222 valence electrons. The van der Waals surface area contributed by atoms with Crippen molar-refractivity contribution in [1.82, 2.24) is 4.90 Å². The number of benzene rings is 3. The highest BCUT2D eigenvalue weighted by molar-refractivity contribution is 7.93. The number of likely N-dealkylation sites (tertiary alicyclic amines) is 1. The maximum absolute atomic E-state index is 14.7. The van der Waals surface area contributed by atoms with Crippen LogP contribution in [0.3, 0.4) is 0 Å². The fraction of sp³-hybridized carbons (Fsp3) is 0.500. The normalized spacial score (nSPS) is 15.2. The molecule has 0 N–H and O–H groups in total. The SMILES string of the molecule is CC(C)c1cc(C(C)C)c(S(=O)(=O)N(CCCN2CCC(Cc3ccccc3)CC2)c2ccccc2)c(C(C)C)c1. The van der Waals surface area contributed by atoms with Crippen LogP contribution in [0.5, 0.6) is 0 Å². The molecule has 0 atom stereocenters. The van der Waals surface area contributed by atoms with E-state index in [1.807, 2.05) is 30.3 Å². The largest absolute Gasteiger partial charge is 0.303 e. The smallest absolute Gasteiger partial charge is 0.264 e. The highest BCUT2D eigenvalue weighted by Gasteiger charge is 2.32. The van der Waals surface area contributed by atoms with E-state index >= 15 is 0 Å². The second-order valence-electron chi connectivity index (χ2n) is 12.7. The summed E-state index contributed by atoms with van der Waals surface area (Å²) in [5, 5.41) is 0. The van der Waals surface area contributed by atoms with Gasteiger partial charge in [0.15, 0.2) is 0 Å². The second kappa shape index (κ2) is 14.0. The van der Waals surface area contributed by atoms with E-state index in [2.05, 4.69) is 88.9 Å². The third kappa shape index (κ3) is 7.81. The molecule has 4 nitrogen and oxygen atoms in total. The van der Waals surface area contributed by atoms with Gasteiger partial charge in [0.2, 0.25) is 0 Å². The standard InChI is InChI=1S/C36H50N2O2S/c1-27(2)32-25-34(28(3)4)36(35(26-32)29(5)6)41(39,40)38(33-16-11-8-12-17-33)21-13-20-37-22-18-31(19-23-37)24-30-14-9-7-10-15-30/h7-12,14-17,25-29,31H,13,18-24H2,1-6H3. The lowest BCUT2D eigenvalue weighted by Gasteiger charge is -2.33. The summed E-state index contributed by atoms with van der Waals surface area (Å²) in [6.45, 7) is 16.3. The maximum atomic E-state index is 14.7. The molecule has 0 amide bonds. The zero-order valence-corrected chi connectivity index (χ0v) is 26.8. The van der Waals surface area contributed by atoms with Crippen LogP contribution in [0.1, 0.15) is 101 Å². The Kier molecular flexibility index (Phi) is 10.7. The number of para-hydroxylation sites is 1. The number of anilines is 1. The molecule has 1 heterocycles. The predicted octanol–water partition coefficient (Wildman–Crippen LogP) is 8.60. The molecule has 4 rings (SSSR count). The van der Waals surface area contributed by atoms with Crippen molar-refractivity contribution in [3.05, 3.63) is 95.1 Å². The first-order chi connectivity index (χ1) is 19.6. The number of hydrogen-bond acceptors (Lipinski definition) is 3. The van der Waals surface area contributed by atoms with Gasteiger partial charge in [0.1, 0.15) is 0 Å². The Balaban J connectivity index is 1.54. The van der Waals surface area contributed by atoms with E-state index in [0.717, 1.165) is 55.2 Å². The molecule has 1 saturated heterocycles. The number of rotatable bonds is 12. The Labute approximate surface area is 249 Å². The lowest BCUT2D eigenvalue weighted by Crippen LogP contribution is -2.38. The average molecular weight is 575 g/mol. The van der Waals surface area contributed by atoms with Gasteiger partial charge in [-0.1, -0.05) is 102 Å². The zero-order valence-electron chi connectivity index (χ0n) is 26.0. The van der Waals surface area contributed by atoms with Crippen LogP contribution < -0.4 is 4.31 Å². The van der Waals surface area contributed by atoms with E-state index in [-0.39, 0.29) is 11.8 Å². The van der Waals surface area contributed by atoms with Crippen LogP contribution in [0.2, 0.25) is 0 Å². The predicted molar refractivity (Wildman–Crippen MR) is 174 cm³/mol. The lowest BCUT2D eigenvalue weighted by atomic mass is 9.89. The van der Waals surface area contributed by atoms with Crippen molar-refractivity contribution in [2.24, 2.45) is 5.92 Å². The molecule has 0 saturated carbocycles. The van der Waals surface area contributed by atoms with Gasteiger partial charge >= 0.3 is 0 Å². The number of piperidine rings is 1. The fourth-order valence-electron chi connectivity index (χ4n) is 6.08. The first-order valence-corrected chi connectivity index (χ1v) is 17.0. The minimum Gasteiger partial charge on any atom is -0.303 e. The van der Waals surface area contributed by atoms with E-state index in [4.69, 9.17) is 0 Å². The molecule has 1 fully saturated rings. The molecular weight excluding hydrogens is 524 g/mol. The molecule has 0 bridgehead atoms. The monoisotopic (exact) mass is 574 g/mol. The molecular formula is C36H50N2O2S. The van der Waals surface area contributed by atoms with Crippen LogP contribution in [-0.4, -0.2) is 39.5 Å². The topological polar surface area (TPSA) is 40.6 Å². The fourth-order valence-corrected chi connectivity index (χ4v) is 8.25. The van der Waals surface area contributed by atoms with Gasteiger partial charge in [-0.25, -0.2) is 8.42 Å². The molecule has 0 aliphatic carbocycles. The van der Waals surface area contributed by atoms with E-state index in [1.54, 1.807) is 4.31 Å². The molecule has 0 unspecified atom stereocenters. The van der Waals surface area contributed by atoms with Gasteiger partial charge in [-0.3, -0.25) is 4.31 Å². The summed E-state index contributed by atoms with van der Waals surface area (Å²) in [7, 11) is -3.78. The lowest BCUT2D eigenvalue weighted by molar-refractivity contribution is 0.183. The van der Waals surface area contributed by atoms with Crippen LogP contribution in [0.25, 0.3) is 0 Å². The van der Waals surface area contributed by atoms with Gasteiger partial charge in [0, 0.05) is 6.54 Å². The van der Waals surface area contributed by atoms with Crippen molar-refractivity contribution in [2.45, 2.75) is 89.9 Å². The quantitative estimate of drug-likeness (QED) is 0.217. The van der Waals surface area contributed by atoms with E-state index < -0.39 is 10.0 Å². The average Bonchev–Trinajstić information content (AvgIpc) is 2.96. The number of hydrogen-bond donors (Lipinski definition) is 0. The van der Waals surface area contributed by atoms with Gasteiger partial charge in [-0.15, -0.1) is 0 Å². The summed E-state index contributed by atoms with van der Waals surface area (Å²) in [4.78, 5) is 3.03. The Morgan fingerprint density at radius 3 is 1.83 bits per heavy atom. The molecule has 1 aliphatic heterocycles. The highest BCUT2D eigenvalue weighted by atomic mass is 32.2. The highest BCUT2D eigenvalue weighted by Crippen LogP contribution is 2.38. The molecule has 1 aliphatic rings. The Hall–Kier alpha value is -2.63. The maximum Gasteiger partial charge on any atom is 0.264 e. The Morgan fingerprint density at radius 2 is 1.32 bits per heavy atom. The van der Waals surface area contributed by atoms with Gasteiger partial charge in [0.05, 0.1) is 10.6 Å². The van der Waals surface area contributed by atoms with Crippen molar-refractivity contribution in [2.75, 3.05) is 30.5 Å². The number of sulfonamides is 1. The molecule has 0 aromatic heterocycles. The van der Waals surface area contributed by atoms with E-state index in [1.165, 1.54) is 24.0 Å². The third-order valence-corrected chi connectivity index (χ3v) is 10.5. The van der Waals surface area contributed by atoms with Crippen LogP contribution >= 0.6 is 0 Å². The number of nitrogens with zero attached hydrogens (tertiary/aromatic N) is 2. The summed E-state index contributed by atoms with van der Waals surface area (Å²) in [6.07, 6.45) is 4.36. The van der Waals surface area contributed by atoms with Gasteiger partial charge in [0.25, 0.3) is 10.0 Å². The molecule has 0 radical (unpaired) electrons. The summed E-state index contributed by atoms with van der Waals surface area (Å²) < 4.78 is 31.0. The minimum absolute atomic E-state index is 0.103. The van der Waals surface area contributed by atoms with Crippen molar-refractivity contribution in [3.8, 4) is 0 Å². The van der Waals surface area contributed by atoms with Gasteiger partial charge < -0.3 is 4.90 Å². The van der Waals surface area contributed by atoms with Crippen molar-refractivity contribution >= 4 is 15.7 Å². The first kappa shape index (κ1) is 31.3. The zero-order chi connectivity index (χ0) is 29.6. The molecule has 5 heteroatoms. The van der Waals surface area contributed by atoms with Crippen molar-refractivity contribution in [3.63, 3.8) is 0 Å². The molecule has 3 aromatic rings. The molecule has 3 aromatic carbocycles. The Morgan fingerprint density at radius 1 is 0.780 bits per heavy atom. The van der Waals surface area contributed by atoms with Gasteiger partial charge in [-0.2, -0.15) is 0 Å². The van der Waals surface area contributed by atoms with Gasteiger partial charge in [-0.05, 0) is 103 Å². The summed E-state index contributed by atoms with van der Waals surface area (Å²) >= 11 is 0. The van der Waals surface area contributed by atoms with Crippen LogP contribution in [-0.2, 0) is 16.4 Å². The van der Waals surface area contributed by atoms with E-state index in [9.17, 15) is 8.42 Å². The molecule has 0 spiro atoms. The van der Waals surface area contributed by atoms with Crippen molar-refractivity contribution < 1.29 is 8.42 Å². The molecule has 41 heavy (non-hydrogen) atoms. The third-order valence-electron chi connectivity index (χ3n) is 8.58. The summed E-state index contributed by atoms with van der Waals surface area (Å²) in [5.74, 6) is 1.27. The van der Waals surface area contributed by atoms with E-state index in [0.29, 0.717) is 17.4 Å². The Bertz CT molecular complexity index is 1310. The van der Waals surface area contributed by atoms with Crippen LogP contribution in [0.15, 0.2) is 77.7 Å².